The first kappa shape index (κ1) is 15.8. The molecule has 10 nitrogen and oxygen atoms in total. The molecule has 3 heterocycles. The average Bonchev–Trinajstić information content (AvgIpc) is 2.95. The van der Waals surface area contributed by atoms with Crippen molar-refractivity contribution in [1.82, 2.24) is 19.5 Å². The summed E-state index contributed by atoms with van der Waals surface area (Å²) in [5.41, 5.74) is 6.49. The Morgan fingerprint density at radius 1 is 1.22 bits per heavy atom. The minimum absolute atomic E-state index is 0.0870. The van der Waals surface area contributed by atoms with Gasteiger partial charge in [0.15, 0.2) is 17.7 Å². The summed E-state index contributed by atoms with van der Waals surface area (Å²) >= 11 is 0. The summed E-state index contributed by atoms with van der Waals surface area (Å²) in [6.45, 7) is 3.17. The summed E-state index contributed by atoms with van der Waals surface area (Å²) in [5, 5.41) is 39.4. The standard InChI is InChI=1S/C13H17N5O5/c1-5-8(20)10(22)9(21)6(2-19)23-13(5)18-4-17-7-11(14)15-3-16-12(7)18/h3-4,6,8-10,13,19-22H,1-2H2,(H2,14,15,16)/t6-,8+,9-,10-,13-/m1/s1. The Morgan fingerprint density at radius 2 is 1.96 bits per heavy atom. The summed E-state index contributed by atoms with van der Waals surface area (Å²) in [6.07, 6.45) is -3.99. The summed E-state index contributed by atoms with van der Waals surface area (Å²) in [6, 6.07) is 0. The van der Waals surface area contributed by atoms with Crippen molar-refractivity contribution in [3.05, 3.63) is 24.8 Å². The molecular weight excluding hydrogens is 306 g/mol. The van der Waals surface area contributed by atoms with Gasteiger partial charge in [0, 0.05) is 5.57 Å². The van der Waals surface area contributed by atoms with Crippen LogP contribution >= 0.6 is 0 Å². The second-order valence-corrected chi connectivity index (χ2v) is 5.29. The Kier molecular flexibility index (Phi) is 4.00. The van der Waals surface area contributed by atoms with Gasteiger partial charge in [0.1, 0.15) is 36.3 Å². The van der Waals surface area contributed by atoms with E-state index < -0.39 is 37.3 Å². The van der Waals surface area contributed by atoms with E-state index in [1.807, 2.05) is 0 Å². The molecule has 2 aromatic heterocycles. The molecule has 1 aliphatic rings. The minimum atomic E-state index is -1.54. The predicted octanol–water partition coefficient (Wildman–Crippen LogP) is -2.06. The van der Waals surface area contributed by atoms with Crippen LogP contribution in [0.1, 0.15) is 6.23 Å². The fraction of sp³-hybridized carbons (Fsp3) is 0.462. The number of nitrogen functional groups attached to an aromatic ring is 1. The van der Waals surface area contributed by atoms with Crippen LogP contribution in [-0.4, -0.2) is 71.0 Å². The van der Waals surface area contributed by atoms with Crippen molar-refractivity contribution in [3.63, 3.8) is 0 Å². The molecule has 0 unspecified atom stereocenters. The van der Waals surface area contributed by atoms with Crippen molar-refractivity contribution >= 4 is 17.0 Å². The Morgan fingerprint density at radius 3 is 2.65 bits per heavy atom. The van der Waals surface area contributed by atoms with Gasteiger partial charge in [0.2, 0.25) is 0 Å². The number of nitrogens with two attached hydrogens (primary N) is 1. The van der Waals surface area contributed by atoms with Crippen LogP contribution in [-0.2, 0) is 4.74 Å². The fourth-order valence-corrected chi connectivity index (χ4v) is 2.54. The van der Waals surface area contributed by atoms with Gasteiger partial charge in [-0.3, -0.25) is 4.57 Å². The molecule has 10 heteroatoms. The van der Waals surface area contributed by atoms with E-state index in [0.29, 0.717) is 11.2 Å². The third-order valence-corrected chi connectivity index (χ3v) is 3.87. The second-order valence-electron chi connectivity index (χ2n) is 5.29. The molecule has 0 aromatic carbocycles. The lowest BCUT2D eigenvalue weighted by atomic mass is 10.00. The SMILES string of the molecule is C=C1[C@H](n2cnc3c(N)ncnc32)O[C@H](CO)[C@@H](O)[C@H](O)[C@H]1O. The van der Waals surface area contributed by atoms with Crippen molar-refractivity contribution < 1.29 is 25.2 Å². The highest BCUT2D eigenvalue weighted by Gasteiger charge is 2.41. The van der Waals surface area contributed by atoms with Crippen LogP contribution in [0.25, 0.3) is 11.2 Å². The number of ether oxygens (including phenoxy) is 1. The number of nitrogens with zero attached hydrogens (tertiary/aromatic N) is 4. The lowest BCUT2D eigenvalue weighted by Crippen LogP contribution is -2.44. The van der Waals surface area contributed by atoms with E-state index in [-0.39, 0.29) is 11.4 Å². The predicted molar refractivity (Wildman–Crippen MR) is 77.9 cm³/mol. The molecule has 2 aromatic rings. The highest BCUT2D eigenvalue weighted by atomic mass is 16.5. The number of imidazole rings is 1. The normalized spacial score (nSPS) is 32.2. The van der Waals surface area contributed by atoms with Gasteiger partial charge in [-0.25, -0.2) is 15.0 Å². The maximum atomic E-state index is 10.1. The molecule has 0 amide bonds. The molecule has 5 atom stereocenters. The van der Waals surface area contributed by atoms with Gasteiger partial charge in [-0.2, -0.15) is 0 Å². The number of aliphatic hydroxyl groups excluding tert-OH is 4. The average molecular weight is 323 g/mol. The number of anilines is 1. The van der Waals surface area contributed by atoms with Crippen LogP contribution in [0.2, 0.25) is 0 Å². The fourth-order valence-electron chi connectivity index (χ4n) is 2.54. The van der Waals surface area contributed by atoms with Crippen LogP contribution in [0.3, 0.4) is 0 Å². The molecule has 0 bridgehead atoms. The van der Waals surface area contributed by atoms with Gasteiger partial charge in [-0.1, -0.05) is 6.58 Å². The largest absolute Gasteiger partial charge is 0.394 e. The number of rotatable bonds is 2. The van der Waals surface area contributed by atoms with Gasteiger partial charge in [0.05, 0.1) is 12.9 Å². The third kappa shape index (κ3) is 2.46. The van der Waals surface area contributed by atoms with Crippen LogP contribution < -0.4 is 5.73 Å². The molecule has 1 aliphatic heterocycles. The Balaban J connectivity index is 2.08. The molecule has 6 N–H and O–H groups in total. The van der Waals surface area contributed by atoms with Gasteiger partial charge in [-0.15, -0.1) is 0 Å². The molecule has 124 valence electrons. The lowest BCUT2D eigenvalue weighted by Gasteiger charge is -2.24. The van der Waals surface area contributed by atoms with E-state index >= 15 is 0 Å². The maximum Gasteiger partial charge on any atom is 0.167 e. The minimum Gasteiger partial charge on any atom is -0.394 e. The van der Waals surface area contributed by atoms with E-state index in [0.717, 1.165) is 0 Å². The molecule has 0 saturated carbocycles. The Labute approximate surface area is 130 Å². The lowest BCUT2D eigenvalue weighted by molar-refractivity contribution is -0.128. The van der Waals surface area contributed by atoms with Gasteiger partial charge >= 0.3 is 0 Å². The first-order chi connectivity index (χ1) is 11.0. The monoisotopic (exact) mass is 323 g/mol. The number of aliphatic hydroxyl groups is 4. The van der Waals surface area contributed by atoms with E-state index in [2.05, 4.69) is 21.5 Å². The molecular formula is C13H17N5O5. The smallest absolute Gasteiger partial charge is 0.167 e. The Hall–Kier alpha value is -2.11. The topological polar surface area (TPSA) is 160 Å². The van der Waals surface area contributed by atoms with Crippen molar-refractivity contribution in [3.8, 4) is 0 Å². The van der Waals surface area contributed by atoms with E-state index in [4.69, 9.17) is 10.5 Å². The number of fused-ring (bicyclic) bond motifs is 1. The summed E-state index contributed by atoms with van der Waals surface area (Å²) in [7, 11) is 0. The summed E-state index contributed by atoms with van der Waals surface area (Å²) in [4.78, 5) is 12.0. The number of hydrogen-bond acceptors (Lipinski definition) is 9. The third-order valence-electron chi connectivity index (χ3n) is 3.87. The summed E-state index contributed by atoms with van der Waals surface area (Å²) < 4.78 is 7.06. The van der Waals surface area contributed by atoms with Crippen LogP contribution in [0.5, 0.6) is 0 Å². The molecule has 1 saturated heterocycles. The zero-order valence-corrected chi connectivity index (χ0v) is 12.0. The second kappa shape index (κ2) is 5.83. The van der Waals surface area contributed by atoms with Crippen molar-refractivity contribution in [2.24, 2.45) is 0 Å². The first-order valence-electron chi connectivity index (χ1n) is 6.88. The van der Waals surface area contributed by atoms with Gasteiger partial charge < -0.3 is 30.9 Å². The highest BCUT2D eigenvalue weighted by molar-refractivity contribution is 5.81. The highest BCUT2D eigenvalue weighted by Crippen LogP contribution is 2.32. The number of hydrogen-bond donors (Lipinski definition) is 5. The van der Waals surface area contributed by atoms with Crippen molar-refractivity contribution in [2.45, 2.75) is 30.6 Å². The molecule has 23 heavy (non-hydrogen) atoms. The van der Waals surface area contributed by atoms with E-state index in [1.54, 1.807) is 0 Å². The number of aromatic nitrogens is 4. The van der Waals surface area contributed by atoms with Crippen LogP contribution in [0.4, 0.5) is 5.82 Å². The first-order valence-corrected chi connectivity index (χ1v) is 6.88. The van der Waals surface area contributed by atoms with Gasteiger partial charge in [-0.05, 0) is 0 Å². The zero-order valence-electron chi connectivity index (χ0n) is 12.0. The molecule has 0 spiro atoms. The van der Waals surface area contributed by atoms with E-state index in [1.165, 1.54) is 17.2 Å². The van der Waals surface area contributed by atoms with Crippen molar-refractivity contribution in [1.29, 1.82) is 0 Å². The van der Waals surface area contributed by atoms with Gasteiger partial charge in [0.25, 0.3) is 0 Å². The quantitative estimate of drug-likeness (QED) is 0.391. The van der Waals surface area contributed by atoms with Crippen molar-refractivity contribution in [2.75, 3.05) is 12.3 Å². The summed E-state index contributed by atoms with van der Waals surface area (Å²) in [5.74, 6) is 0.173. The maximum absolute atomic E-state index is 10.1. The van der Waals surface area contributed by atoms with Crippen LogP contribution in [0.15, 0.2) is 24.8 Å². The van der Waals surface area contributed by atoms with Crippen LogP contribution in [0, 0.1) is 0 Å². The Bertz CT molecular complexity index is 735. The molecule has 0 radical (unpaired) electrons. The molecule has 3 rings (SSSR count). The zero-order chi connectivity index (χ0) is 16.7. The molecule has 0 aliphatic carbocycles. The van der Waals surface area contributed by atoms with E-state index in [9.17, 15) is 20.4 Å². The molecule has 1 fully saturated rings.